The number of carboxylic acids is 1. The number of nitrogens with one attached hydrogen (secondary N) is 1. The van der Waals surface area contributed by atoms with E-state index in [9.17, 15) is 24.3 Å². The smallest absolute Gasteiger partial charge is 0.352 e. The van der Waals surface area contributed by atoms with Crippen molar-refractivity contribution in [1.82, 2.24) is 20.4 Å². The maximum atomic E-state index is 12.8. The van der Waals surface area contributed by atoms with Gasteiger partial charge in [0.05, 0.1) is 12.0 Å². The molecule has 1 fully saturated rings. The standard InChI is InChI=1S/C21H20N4O7S3/c1-10(26)32-20(31)12-4-2-11(3-5-12)6-14(27)23-15-17(28)25-16(19(29)30)13(7-33-18(15)25)8-34-21-24-22-9-35-21/h2-5,9-10,15,18,26H,6-8H2,1H3,(H,23,27)(H,29,30)/t10?,15?,18-/m0/s1. The van der Waals surface area contributed by atoms with Gasteiger partial charge in [0.15, 0.2) is 10.6 Å². The predicted molar refractivity (Wildman–Crippen MR) is 128 cm³/mol. The highest BCUT2D eigenvalue weighted by Gasteiger charge is 2.54. The number of benzene rings is 1. The van der Waals surface area contributed by atoms with Gasteiger partial charge >= 0.3 is 11.9 Å². The maximum Gasteiger partial charge on any atom is 0.352 e. The number of aliphatic carboxylic acids is 1. The van der Waals surface area contributed by atoms with Crippen LogP contribution < -0.4 is 5.32 Å². The number of carbonyl (C=O) groups excluding carboxylic acids is 3. The number of carboxylic acid groups (broad SMARTS) is 1. The quantitative estimate of drug-likeness (QED) is 0.182. The van der Waals surface area contributed by atoms with E-state index in [1.54, 1.807) is 17.6 Å². The summed E-state index contributed by atoms with van der Waals surface area (Å²) in [5, 5.41) is 28.8. The number of fused-ring (bicyclic) bond motifs is 1. The Labute approximate surface area is 211 Å². The molecule has 3 N–H and O–H groups in total. The van der Waals surface area contributed by atoms with Crippen LogP contribution in [0.5, 0.6) is 0 Å². The normalized spacial score (nSPS) is 20.1. The molecule has 0 bridgehead atoms. The van der Waals surface area contributed by atoms with E-state index >= 15 is 0 Å². The summed E-state index contributed by atoms with van der Waals surface area (Å²) in [5.41, 5.74) is 3.00. The van der Waals surface area contributed by atoms with E-state index in [0.29, 0.717) is 27.0 Å². The van der Waals surface area contributed by atoms with Crippen molar-refractivity contribution in [3.8, 4) is 0 Å². The Hall–Kier alpha value is -2.94. The summed E-state index contributed by atoms with van der Waals surface area (Å²) in [7, 11) is 0. The first-order valence-corrected chi connectivity index (χ1v) is 13.2. The van der Waals surface area contributed by atoms with Gasteiger partial charge in [-0.2, -0.15) is 0 Å². The Kier molecular flexibility index (Phi) is 7.74. The van der Waals surface area contributed by atoms with Crippen molar-refractivity contribution >= 4 is 58.6 Å². The highest BCUT2D eigenvalue weighted by Crippen LogP contribution is 2.41. The molecule has 2 unspecified atom stereocenters. The van der Waals surface area contributed by atoms with Gasteiger partial charge in [0.1, 0.15) is 22.6 Å². The molecule has 1 aromatic heterocycles. The lowest BCUT2D eigenvalue weighted by atomic mass is 10.0. The molecule has 2 aliphatic rings. The van der Waals surface area contributed by atoms with Crippen LogP contribution in [0.2, 0.25) is 0 Å². The van der Waals surface area contributed by atoms with Crippen LogP contribution >= 0.6 is 34.9 Å². The number of hydrogen-bond donors (Lipinski definition) is 3. The number of hydrogen-bond acceptors (Lipinski definition) is 11. The molecule has 2 aliphatic heterocycles. The van der Waals surface area contributed by atoms with Gasteiger partial charge in [-0.1, -0.05) is 35.2 Å². The van der Waals surface area contributed by atoms with Gasteiger partial charge < -0.3 is 20.3 Å². The third kappa shape index (κ3) is 5.66. The zero-order chi connectivity index (χ0) is 25.1. The molecule has 1 saturated heterocycles. The highest BCUT2D eigenvalue weighted by atomic mass is 32.2. The number of aromatic nitrogens is 2. The van der Waals surface area contributed by atoms with Crippen molar-refractivity contribution in [1.29, 1.82) is 0 Å². The van der Waals surface area contributed by atoms with Crippen LogP contribution in [0.3, 0.4) is 0 Å². The first-order chi connectivity index (χ1) is 16.7. The van der Waals surface area contributed by atoms with Crippen LogP contribution in [0.4, 0.5) is 0 Å². The van der Waals surface area contributed by atoms with E-state index in [4.69, 9.17) is 9.84 Å². The van der Waals surface area contributed by atoms with Crippen molar-refractivity contribution in [2.75, 3.05) is 11.5 Å². The Bertz CT molecular complexity index is 1170. The van der Waals surface area contributed by atoms with E-state index in [1.165, 1.54) is 58.8 Å². The van der Waals surface area contributed by atoms with Gasteiger partial charge in [0.25, 0.3) is 5.91 Å². The van der Waals surface area contributed by atoms with E-state index in [2.05, 4.69) is 15.5 Å². The fourth-order valence-electron chi connectivity index (χ4n) is 3.56. The topological polar surface area (TPSA) is 159 Å². The lowest BCUT2D eigenvalue weighted by molar-refractivity contribution is -0.150. The third-order valence-electron chi connectivity index (χ3n) is 5.11. The Morgan fingerprint density at radius 2 is 2.06 bits per heavy atom. The van der Waals surface area contributed by atoms with Crippen molar-refractivity contribution in [2.24, 2.45) is 0 Å². The summed E-state index contributed by atoms with van der Waals surface area (Å²) >= 11 is 4.12. The zero-order valence-electron chi connectivity index (χ0n) is 18.2. The van der Waals surface area contributed by atoms with Crippen LogP contribution in [0.15, 0.2) is 45.4 Å². The summed E-state index contributed by atoms with van der Waals surface area (Å²) in [5.74, 6) is -1.95. The van der Waals surface area contributed by atoms with Gasteiger partial charge in [0, 0.05) is 11.5 Å². The molecule has 0 radical (unpaired) electrons. The molecule has 2 amide bonds. The number of thioether (sulfide) groups is 2. The second kappa shape index (κ2) is 10.8. The molecule has 0 aliphatic carbocycles. The van der Waals surface area contributed by atoms with Crippen LogP contribution in [0, 0.1) is 0 Å². The lowest BCUT2D eigenvalue weighted by Crippen LogP contribution is -2.70. The van der Waals surface area contributed by atoms with Crippen LogP contribution in [0.1, 0.15) is 22.8 Å². The fraction of sp³-hybridized carbons (Fsp3) is 0.333. The number of aliphatic hydroxyl groups excluding tert-OH is 1. The number of carbonyl (C=O) groups is 4. The van der Waals surface area contributed by atoms with Crippen molar-refractivity contribution < 1.29 is 34.1 Å². The molecule has 0 saturated carbocycles. The SMILES string of the molecule is CC(O)OC(=O)c1ccc(CC(=O)NC2C(=O)N3C(C(=O)O)=C(CSc4nncs4)CS[C@@H]23)cc1. The average molecular weight is 537 g/mol. The number of nitrogens with zero attached hydrogens (tertiary/aromatic N) is 3. The molecule has 3 atom stereocenters. The van der Waals surface area contributed by atoms with Crippen molar-refractivity contribution in [2.45, 2.75) is 35.4 Å². The number of β-lactam (4-membered cyclic amide) rings is 1. The molecule has 11 nitrogen and oxygen atoms in total. The average Bonchev–Trinajstić information content (AvgIpc) is 3.34. The second-order valence-corrected chi connectivity index (χ2v) is 10.7. The van der Waals surface area contributed by atoms with E-state index in [-0.39, 0.29) is 17.7 Å². The zero-order valence-corrected chi connectivity index (χ0v) is 20.7. The lowest BCUT2D eigenvalue weighted by Gasteiger charge is -2.49. The predicted octanol–water partition coefficient (Wildman–Crippen LogP) is 1.11. The number of ether oxygens (including phenoxy) is 1. The molecule has 1 aromatic carbocycles. The van der Waals surface area contributed by atoms with E-state index < -0.39 is 41.5 Å². The van der Waals surface area contributed by atoms with Gasteiger partial charge in [-0.05, 0) is 30.2 Å². The Balaban J connectivity index is 1.36. The van der Waals surface area contributed by atoms with E-state index in [0.717, 1.165) is 0 Å². The molecule has 3 heterocycles. The Morgan fingerprint density at radius 3 is 2.69 bits per heavy atom. The van der Waals surface area contributed by atoms with Gasteiger partial charge in [-0.15, -0.1) is 22.0 Å². The number of amides is 2. The first kappa shape index (κ1) is 25.2. The summed E-state index contributed by atoms with van der Waals surface area (Å²) in [6, 6.07) is 5.29. The highest BCUT2D eigenvalue weighted by molar-refractivity contribution is 8.01. The monoisotopic (exact) mass is 536 g/mol. The minimum Gasteiger partial charge on any atom is -0.477 e. The fourth-order valence-corrected chi connectivity index (χ4v) is 6.53. The largest absolute Gasteiger partial charge is 0.477 e. The van der Waals surface area contributed by atoms with Crippen LogP contribution in [-0.4, -0.2) is 78.3 Å². The molecule has 184 valence electrons. The first-order valence-electron chi connectivity index (χ1n) is 10.3. The van der Waals surface area contributed by atoms with Crippen molar-refractivity contribution in [3.05, 3.63) is 52.2 Å². The Morgan fingerprint density at radius 1 is 1.31 bits per heavy atom. The van der Waals surface area contributed by atoms with Crippen LogP contribution in [-0.2, 0) is 25.5 Å². The van der Waals surface area contributed by atoms with E-state index in [1.807, 2.05) is 0 Å². The van der Waals surface area contributed by atoms with Crippen molar-refractivity contribution in [3.63, 3.8) is 0 Å². The van der Waals surface area contributed by atoms with Gasteiger partial charge in [-0.3, -0.25) is 14.5 Å². The summed E-state index contributed by atoms with van der Waals surface area (Å²) < 4.78 is 5.41. The molecule has 2 aromatic rings. The number of esters is 1. The molecular formula is C21H20N4O7S3. The number of aliphatic hydroxyl groups is 1. The summed E-state index contributed by atoms with van der Waals surface area (Å²) in [6.07, 6.45) is -1.26. The summed E-state index contributed by atoms with van der Waals surface area (Å²) in [6.45, 7) is 1.32. The van der Waals surface area contributed by atoms with Crippen LogP contribution in [0.25, 0.3) is 0 Å². The van der Waals surface area contributed by atoms with Gasteiger partial charge in [-0.25, -0.2) is 9.59 Å². The summed E-state index contributed by atoms with van der Waals surface area (Å²) in [4.78, 5) is 50.3. The molecular weight excluding hydrogens is 516 g/mol. The molecule has 14 heteroatoms. The molecule has 0 spiro atoms. The minimum atomic E-state index is -1.23. The maximum absolute atomic E-state index is 12.8. The second-order valence-electron chi connectivity index (χ2n) is 7.58. The minimum absolute atomic E-state index is 0.0295. The number of rotatable bonds is 9. The molecule has 35 heavy (non-hydrogen) atoms. The molecule has 4 rings (SSSR count). The third-order valence-corrected chi connectivity index (χ3v) is 8.39. The van der Waals surface area contributed by atoms with Gasteiger partial charge in [0.2, 0.25) is 5.91 Å².